The van der Waals surface area contributed by atoms with Crippen molar-refractivity contribution >= 4 is 11.4 Å². The Morgan fingerprint density at radius 2 is 2.20 bits per heavy atom. The van der Waals surface area contributed by atoms with Crippen LogP contribution < -0.4 is 15.8 Å². The van der Waals surface area contributed by atoms with Crippen molar-refractivity contribution in [3.63, 3.8) is 0 Å². The molecule has 0 amide bonds. The second-order valence-corrected chi connectivity index (χ2v) is 3.82. The minimum absolute atomic E-state index is 0.649. The number of ether oxygens (including phenoxy) is 1. The Morgan fingerprint density at radius 3 is 2.80 bits per heavy atom. The molecule has 3 heteroatoms. The lowest BCUT2D eigenvalue weighted by Gasteiger charge is -2.14. The van der Waals surface area contributed by atoms with Crippen molar-refractivity contribution in [2.75, 3.05) is 24.7 Å². The van der Waals surface area contributed by atoms with Gasteiger partial charge >= 0.3 is 0 Å². The number of nitrogens with one attached hydrogen (secondary N) is 1. The number of benzene rings is 1. The molecule has 3 nitrogen and oxygen atoms in total. The van der Waals surface area contributed by atoms with Crippen molar-refractivity contribution in [2.45, 2.75) is 20.3 Å². The van der Waals surface area contributed by atoms with E-state index in [1.54, 1.807) is 7.11 Å². The summed E-state index contributed by atoms with van der Waals surface area (Å²) in [4.78, 5) is 0. The summed E-state index contributed by atoms with van der Waals surface area (Å²) < 4.78 is 5.15. The summed E-state index contributed by atoms with van der Waals surface area (Å²) in [5.74, 6) is 1.37. The van der Waals surface area contributed by atoms with Gasteiger partial charge in [0.15, 0.2) is 0 Å². The summed E-state index contributed by atoms with van der Waals surface area (Å²) >= 11 is 0. The zero-order valence-corrected chi connectivity index (χ0v) is 9.71. The predicted molar refractivity (Wildman–Crippen MR) is 65.4 cm³/mol. The molecule has 0 radical (unpaired) electrons. The number of methoxy groups -OCH3 is 1. The fourth-order valence-electron chi connectivity index (χ4n) is 1.30. The second-order valence-electron chi connectivity index (χ2n) is 3.82. The first-order valence-corrected chi connectivity index (χ1v) is 5.35. The zero-order valence-electron chi connectivity index (χ0n) is 9.71. The van der Waals surface area contributed by atoms with Crippen molar-refractivity contribution in [3.05, 3.63) is 18.2 Å². The second kappa shape index (κ2) is 5.49. The molecule has 3 N–H and O–H groups in total. The molecule has 0 aliphatic carbocycles. The third-order valence-electron chi connectivity index (χ3n) is 2.62. The maximum Gasteiger partial charge on any atom is 0.143 e. The molecular formula is C12H20N2O. The van der Waals surface area contributed by atoms with E-state index in [9.17, 15) is 0 Å². The van der Waals surface area contributed by atoms with E-state index in [1.165, 1.54) is 0 Å². The van der Waals surface area contributed by atoms with Gasteiger partial charge in [0, 0.05) is 6.54 Å². The molecule has 1 atom stereocenters. The maximum atomic E-state index is 5.93. The van der Waals surface area contributed by atoms with Crippen LogP contribution in [0.2, 0.25) is 0 Å². The monoisotopic (exact) mass is 208 g/mol. The molecule has 1 aromatic carbocycles. The molecular weight excluding hydrogens is 188 g/mol. The largest absolute Gasteiger partial charge is 0.495 e. The number of rotatable bonds is 5. The fraction of sp³-hybridized carbons (Fsp3) is 0.500. The quantitative estimate of drug-likeness (QED) is 0.731. The standard InChI is InChI=1S/C12H20N2O/c1-4-9(2)8-14-10-6-5-7-11(15-3)12(10)13/h5-7,9,14H,4,8,13H2,1-3H3. The number of para-hydroxylation sites is 1. The average molecular weight is 208 g/mol. The van der Waals surface area contributed by atoms with Gasteiger partial charge in [-0.3, -0.25) is 0 Å². The summed E-state index contributed by atoms with van der Waals surface area (Å²) in [6, 6.07) is 5.78. The minimum atomic E-state index is 0.649. The molecule has 0 aliphatic heterocycles. The summed E-state index contributed by atoms with van der Waals surface area (Å²) in [5, 5.41) is 3.33. The van der Waals surface area contributed by atoms with Crippen molar-refractivity contribution in [1.29, 1.82) is 0 Å². The summed E-state index contributed by atoms with van der Waals surface area (Å²) in [7, 11) is 1.63. The lowest BCUT2D eigenvalue weighted by atomic mass is 10.1. The van der Waals surface area contributed by atoms with Crippen LogP contribution in [0.15, 0.2) is 18.2 Å². The molecule has 1 unspecified atom stereocenters. The van der Waals surface area contributed by atoms with E-state index >= 15 is 0 Å². The van der Waals surface area contributed by atoms with Gasteiger partial charge in [0.05, 0.1) is 18.5 Å². The smallest absolute Gasteiger partial charge is 0.143 e. The highest BCUT2D eigenvalue weighted by molar-refractivity contribution is 5.72. The number of nitrogen functional groups attached to an aromatic ring is 1. The van der Waals surface area contributed by atoms with Crippen LogP contribution in [0.5, 0.6) is 5.75 Å². The van der Waals surface area contributed by atoms with Gasteiger partial charge < -0.3 is 15.8 Å². The van der Waals surface area contributed by atoms with Gasteiger partial charge in [-0.25, -0.2) is 0 Å². The van der Waals surface area contributed by atoms with Crippen LogP contribution in [0.25, 0.3) is 0 Å². The number of hydrogen-bond acceptors (Lipinski definition) is 3. The van der Waals surface area contributed by atoms with Gasteiger partial charge in [0.1, 0.15) is 5.75 Å². The molecule has 0 aliphatic rings. The van der Waals surface area contributed by atoms with Crippen LogP contribution in [0.3, 0.4) is 0 Å². The van der Waals surface area contributed by atoms with Gasteiger partial charge in [0.2, 0.25) is 0 Å². The van der Waals surface area contributed by atoms with Crippen LogP contribution in [0.1, 0.15) is 20.3 Å². The van der Waals surface area contributed by atoms with E-state index in [-0.39, 0.29) is 0 Å². The van der Waals surface area contributed by atoms with Crippen LogP contribution in [0, 0.1) is 5.92 Å². The third kappa shape index (κ3) is 3.05. The maximum absolute atomic E-state index is 5.93. The summed E-state index contributed by atoms with van der Waals surface area (Å²) in [6.07, 6.45) is 1.16. The van der Waals surface area contributed by atoms with Crippen molar-refractivity contribution in [1.82, 2.24) is 0 Å². The van der Waals surface area contributed by atoms with E-state index in [1.807, 2.05) is 18.2 Å². The van der Waals surface area contributed by atoms with E-state index < -0.39 is 0 Å². The highest BCUT2D eigenvalue weighted by Crippen LogP contribution is 2.28. The molecule has 0 saturated carbocycles. The van der Waals surface area contributed by atoms with Crippen LogP contribution >= 0.6 is 0 Å². The van der Waals surface area contributed by atoms with Crippen molar-refractivity contribution < 1.29 is 4.74 Å². The molecule has 0 fully saturated rings. The van der Waals surface area contributed by atoms with Gasteiger partial charge in [-0.05, 0) is 18.1 Å². The first-order chi connectivity index (χ1) is 7.19. The van der Waals surface area contributed by atoms with E-state index in [0.717, 1.165) is 24.4 Å². The van der Waals surface area contributed by atoms with Crippen LogP contribution in [-0.4, -0.2) is 13.7 Å². The third-order valence-corrected chi connectivity index (χ3v) is 2.62. The molecule has 1 rings (SSSR count). The van der Waals surface area contributed by atoms with Gasteiger partial charge in [-0.1, -0.05) is 26.3 Å². The normalized spacial score (nSPS) is 12.2. The first kappa shape index (κ1) is 11.7. The Labute approximate surface area is 91.6 Å². The Bertz CT molecular complexity index is 312. The number of anilines is 2. The number of hydrogen-bond donors (Lipinski definition) is 2. The van der Waals surface area contributed by atoms with E-state index in [2.05, 4.69) is 19.2 Å². The molecule has 0 bridgehead atoms. The molecule has 1 aromatic rings. The first-order valence-electron chi connectivity index (χ1n) is 5.35. The summed E-state index contributed by atoms with van der Waals surface area (Å²) in [5.41, 5.74) is 7.57. The van der Waals surface area contributed by atoms with Crippen molar-refractivity contribution in [2.24, 2.45) is 5.92 Å². The predicted octanol–water partition coefficient (Wildman–Crippen LogP) is 2.74. The van der Waals surface area contributed by atoms with E-state index in [0.29, 0.717) is 11.6 Å². The Morgan fingerprint density at radius 1 is 1.47 bits per heavy atom. The Hall–Kier alpha value is -1.38. The van der Waals surface area contributed by atoms with Crippen molar-refractivity contribution in [3.8, 4) is 5.75 Å². The molecule has 0 saturated heterocycles. The minimum Gasteiger partial charge on any atom is -0.495 e. The number of nitrogens with two attached hydrogens (primary N) is 1. The van der Waals surface area contributed by atoms with Gasteiger partial charge in [0.25, 0.3) is 0 Å². The highest BCUT2D eigenvalue weighted by atomic mass is 16.5. The summed E-state index contributed by atoms with van der Waals surface area (Å²) in [6.45, 7) is 5.33. The lowest BCUT2D eigenvalue weighted by Crippen LogP contribution is -2.11. The zero-order chi connectivity index (χ0) is 11.3. The Kier molecular flexibility index (Phi) is 4.28. The molecule has 0 heterocycles. The molecule has 0 spiro atoms. The lowest BCUT2D eigenvalue weighted by molar-refractivity contribution is 0.417. The van der Waals surface area contributed by atoms with Gasteiger partial charge in [-0.15, -0.1) is 0 Å². The molecule has 15 heavy (non-hydrogen) atoms. The highest BCUT2D eigenvalue weighted by Gasteiger charge is 2.05. The Balaban J connectivity index is 2.68. The van der Waals surface area contributed by atoms with Crippen LogP contribution in [-0.2, 0) is 0 Å². The molecule has 84 valence electrons. The SMILES string of the molecule is CCC(C)CNc1cccc(OC)c1N. The van der Waals surface area contributed by atoms with Gasteiger partial charge in [-0.2, -0.15) is 0 Å². The topological polar surface area (TPSA) is 47.3 Å². The molecule has 0 aromatic heterocycles. The average Bonchev–Trinajstić information content (AvgIpc) is 2.27. The van der Waals surface area contributed by atoms with E-state index in [4.69, 9.17) is 10.5 Å². The fourth-order valence-corrected chi connectivity index (χ4v) is 1.30. The van der Waals surface area contributed by atoms with Crippen LogP contribution in [0.4, 0.5) is 11.4 Å².